The molecule has 2 aromatic carbocycles. The Balaban J connectivity index is 0.000000256. The number of aliphatic imine (C=N–C) groups is 2. The van der Waals surface area contributed by atoms with Gasteiger partial charge in [0.2, 0.25) is 11.9 Å². The van der Waals surface area contributed by atoms with E-state index in [1.54, 1.807) is 22.4 Å². The standard InChI is InChI=1S/C15H22N6O2S.C15H19N5O2S/c1-4-18-14(21-10-15(2,3)9-19-21)20-24(22,23)12-7-5-11(6-8-12)13(16)17;1-4-17-14(20-11-15(2,3)10-18-20)19-23(21,22)13-7-5-12(9-16)6-8-13/h5-9H,4,10H2,1-3H3,(H3,16,17)(H,18,20);5-8,10H,4,11H2,1-3H3,(H,17,19). The van der Waals surface area contributed by atoms with E-state index in [4.69, 9.17) is 16.4 Å². The monoisotopic (exact) mass is 683 g/mol. The lowest BCUT2D eigenvalue weighted by Crippen LogP contribution is -2.42. The highest BCUT2D eigenvalue weighted by molar-refractivity contribution is 7.90. The zero-order chi connectivity index (χ0) is 35.0. The van der Waals surface area contributed by atoms with Crippen molar-refractivity contribution in [3.63, 3.8) is 0 Å². The van der Waals surface area contributed by atoms with Gasteiger partial charge in [0.1, 0.15) is 5.84 Å². The molecule has 0 aromatic heterocycles. The molecule has 0 bridgehead atoms. The van der Waals surface area contributed by atoms with E-state index in [1.165, 1.54) is 48.5 Å². The van der Waals surface area contributed by atoms with Crippen molar-refractivity contribution in [1.29, 1.82) is 10.7 Å². The molecule has 0 amide bonds. The molecule has 15 nitrogen and oxygen atoms in total. The molecule has 2 aliphatic rings. The third-order valence-corrected chi connectivity index (χ3v) is 9.22. The molecule has 47 heavy (non-hydrogen) atoms. The van der Waals surface area contributed by atoms with Gasteiger partial charge in [0.15, 0.2) is 0 Å². The minimum atomic E-state index is -3.81. The normalized spacial score (nSPS) is 17.1. The van der Waals surface area contributed by atoms with Gasteiger partial charge in [0.25, 0.3) is 20.0 Å². The summed E-state index contributed by atoms with van der Waals surface area (Å²) in [6.45, 7) is 13.6. The molecule has 0 saturated carbocycles. The second kappa shape index (κ2) is 14.7. The van der Waals surface area contributed by atoms with Gasteiger partial charge in [-0.3, -0.25) is 15.4 Å². The fourth-order valence-electron chi connectivity index (χ4n) is 4.16. The minimum Gasteiger partial charge on any atom is -0.384 e. The average molecular weight is 684 g/mol. The van der Waals surface area contributed by atoms with Gasteiger partial charge in [-0.05, 0) is 62.4 Å². The lowest BCUT2D eigenvalue weighted by Gasteiger charge is -2.21. The van der Waals surface area contributed by atoms with Crippen molar-refractivity contribution in [3.05, 3.63) is 59.7 Å². The molecule has 0 unspecified atom stereocenters. The summed E-state index contributed by atoms with van der Waals surface area (Å²) in [7, 11) is -7.59. The van der Waals surface area contributed by atoms with Gasteiger partial charge in [-0.2, -0.15) is 15.5 Å². The summed E-state index contributed by atoms with van der Waals surface area (Å²) < 4.78 is 55.1. The number of hydrogen-bond donors (Lipinski definition) is 4. The Bertz CT molecular complexity index is 1820. The number of hydrogen-bond acceptors (Lipinski definition) is 10. The van der Waals surface area contributed by atoms with E-state index in [9.17, 15) is 16.8 Å². The van der Waals surface area contributed by atoms with Crippen LogP contribution in [0, 0.1) is 27.6 Å². The topological polar surface area (TPSA) is 222 Å². The maximum atomic E-state index is 12.6. The van der Waals surface area contributed by atoms with Crippen LogP contribution in [-0.2, 0) is 20.0 Å². The summed E-state index contributed by atoms with van der Waals surface area (Å²) in [5.74, 6) is 0.266. The molecule has 17 heteroatoms. The fraction of sp³-hybridized carbons (Fsp3) is 0.400. The highest BCUT2D eigenvalue weighted by atomic mass is 32.2. The van der Waals surface area contributed by atoms with Crippen LogP contribution in [0.1, 0.15) is 52.7 Å². The van der Waals surface area contributed by atoms with E-state index in [0.29, 0.717) is 37.3 Å². The van der Waals surface area contributed by atoms with Crippen molar-refractivity contribution < 1.29 is 16.8 Å². The molecule has 0 fully saturated rings. The van der Waals surface area contributed by atoms with Crippen LogP contribution in [0.15, 0.2) is 78.5 Å². The Morgan fingerprint density at radius 3 is 1.51 bits per heavy atom. The van der Waals surface area contributed by atoms with Crippen molar-refractivity contribution in [2.24, 2.45) is 36.8 Å². The van der Waals surface area contributed by atoms with Crippen LogP contribution >= 0.6 is 0 Å². The molecule has 0 atom stereocenters. The van der Waals surface area contributed by atoms with Crippen LogP contribution in [0.3, 0.4) is 0 Å². The zero-order valence-corrected chi connectivity index (χ0v) is 28.9. The van der Waals surface area contributed by atoms with Crippen molar-refractivity contribution in [2.45, 2.75) is 51.3 Å². The number of guanidine groups is 2. The number of nitrogens with one attached hydrogen (secondary N) is 3. The summed E-state index contributed by atoms with van der Waals surface area (Å²) in [6, 6.07) is 13.4. The van der Waals surface area contributed by atoms with Gasteiger partial charge < -0.3 is 5.73 Å². The van der Waals surface area contributed by atoms with Crippen LogP contribution in [-0.4, -0.2) is 83.2 Å². The van der Waals surface area contributed by atoms with Crippen LogP contribution in [0.5, 0.6) is 0 Å². The van der Waals surface area contributed by atoms with E-state index in [2.05, 4.69) is 29.6 Å². The maximum Gasteiger partial charge on any atom is 0.264 e. The number of amidine groups is 1. The van der Waals surface area contributed by atoms with Crippen LogP contribution in [0.2, 0.25) is 0 Å². The number of benzene rings is 2. The van der Waals surface area contributed by atoms with Gasteiger partial charge in [-0.1, -0.05) is 27.7 Å². The first-order valence-electron chi connectivity index (χ1n) is 14.7. The van der Waals surface area contributed by atoms with E-state index >= 15 is 0 Å². The first kappa shape index (κ1) is 36.6. The second-order valence-electron chi connectivity index (χ2n) is 12.0. The van der Waals surface area contributed by atoms with Gasteiger partial charge in [0.05, 0.1) is 34.5 Å². The molecule has 0 saturated heterocycles. The molecular weight excluding hydrogens is 643 g/mol. The lowest BCUT2D eigenvalue weighted by molar-refractivity contribution is 0.379. The Hall–Kier alpha value is -4.82. The predicted octanol–water partition coefficient (Wildman–Crippen LogP) is 2.49. The Morgan fingerprint density at radius 1 is 0.830 bits per heavy atom. The summed E-state index contributed by atoms with van der Waals surface area (Å²) in [4.78, 5) is 8.56. The number of nitriles is 1. The lowest BCUT2D eigenvalue weighted by atomic mass is 9.97. The summed E-state index contributed by atoms with van der Waals surface area (Å²) in [5.41, 5.74) is 5.94. The molecule has 2 aromatic rings. The molecule has 0 aliphatic carbocycles. The average Bonchev–Trinajstić information content (AvgIpc) is 3.57. The van der Waals surface area contributed by atoms with Crippen molar-refractivity contribution in [2.75, 3.05) is 26.2 Å². The summed E-state index contributed by atoms with van der Waals surface area (Å²) in [5, 5.41) is 27.7. The SMILES string of the molecule is CCN=C(NS(=O)(=O)c1ccc(C#N)cc1)N1CC(C)(C)C=N1.CCN=C(NS(=O)(=O)c1ccc(C(=N)N)cc1)N1CC(C)(C)C=N1. The van der Waals surface area contributed by atoms with Crippen LogP contribution in [0.4, 0.5) is 0 Å². The first-order chi connectivity index (χ1) is 21.9. The Morgan fingerprint density at radius 2 is 1.21 bits per heavy atom. The first-order valence-corrected chi connectivity index (χ1v) is 17.6. The molecule has 2 aliphatic heterocycles. The van der Waals surface area contributed by atoms with E-state index < -0.39 is 20.0 Å². The third kappa shape index (κ3) is 10.1. The zero-order valence-electron chi connectivity index (χ0n) is 27.3. The van der Waals surface area contributed by atoms with Gasteiger partial charge in [0, 0.05) is 41.9 Å². The summed E-state index contributed by atoms with van der Waals surface area (Å²) in [6.07, 6.45) is 3.54. The fourth-order valence-corrected chi connectivity index (χ4v) is 6.20. The van der Waals surface area contributed by atoms with Crippen LogP contribution in [0.25, 0.3) is 0 Å². The second-order valence-corrected chi connectivity index (χ2v) is 15.3. The third-order valence-electron chi connectivity index (χ3n) is 6.53. The minimum absolute atomic E-state index is 0.0683. The summed E-state index contributed by atoms with van der Waals surface area (Å²) >= 11 is 0. The molecule has 0 spiro atoms. The van der Waals surface area contributed by atoms with E-state index in [1.807, 2.05) is 47.6 Å². The van der Waals surface area contributed by atoms with E-state index in [-0.39, 0.29) is 38.4 Å². The number of nitrogens with zero attached hydrogens (tertiary/aromatic N) is 7. The van der Waals surface area contributed by atoms with Gasteiger partial charge >= 0.3 is 0 Å². The molecule has 4 rings (SSSR count). The quantitative estimate of drug-likeness (QED) is 0.250. The molecule has 2 heterocycles. The van der Waals surface area contributed by atoms with Gasteiger partial charge in [-0.25, -0.2) is 36.3 Å². The molecule has 0 radical (unpaired) electrons. The van der Waals surface area contributed by atoms with E-state index in [0.717, 1.165) is 0 Å². The predicted molar refractivity (Wildman–Crippen MR) is 183 cm³/mol. The number of hydrazone groups is 2. The smallest absolute Gasteiger partial charge is 0.264 e. The van der Waals surface area contributed by atoms with Gasteiger partial charge in [-0.15, -0.1) is 0 Å². The van der Waals surface area contributed by atoms with Crippen molar-refractivity contribution in [3.8, 4) is 6.07 Å². The molecule has 5 N–H and O–H groups in total. The Kier molecular flexibility index (Phi) is 11.5. The van der Waals surface area contributed by atoms with Crippen molar-refractivity contribution >= 4 is 50.2 Å². The highest BCUT2D eigenvalue weighted by Gasteiger charge is 2.31. The molecule has 252 valence electrons. The van der Waals surface area contributed by atoms with Crippen molar-refractivity contribution in [1.82, 2.24) is 19.5 Å². The Labute approximate surface area is 276 Å². The number of sulfonamides is 2. The largest absolute Gasteiger partial charge is 0.384 e. The number of nitrogens with two attached hydrogens (primary N) is 1. The maximum absolute atomic E-state index is 12.6. The molecular formula is C30H41N11O4S2. The number of nitrogen functional groups attached to an aromatic ring is 1. The number of rotatable bonds is 7. The highest BCUT2D eigenvalue weighted by Crippen LogP contribution is 2.22. The van der Waals surface area contributed by atoms with Crippen LogP contribution < -0.4 is 15.2 Å².